The third kappa shape index (κ3) is 4.68. The zero-order valence-corrected chi connectivity index (χ0v) is 16.2. The molecule has 0 spiro atoms. The van der Waals surface area contributed by atoms with Crippen LogP contribution in [0.25, 0.3) is 10.9 Å². The Morgan fingerprint density at radius 3 is 2.79 bits per heavy atom. The number of guanidine groups is 1. The van der Waals surface area contributed by atoms with Crippen LogP contribution in [-0.2, 0) is 13.0 Å². The molecule has 0 aliphatic rings. The molecule has 28 heavy (non-hydrogen) atoms. The third-order valence-electron chi connectivity index (χ3n) is 4.55. The normalized spacial score (nSPS) is 11.6. The van der Waals surface area contributed by atoms with E-state index in [-0.39, 0.29) is 17.2 Å². The lowest BCUT2D eigenvalue weighted by molar-refractivity contribution is -0.385. The van der Waals surface area contributed by atoms with E-state index in [1.807, 2.05) is 13.1 Å². The molecule has 0 bridgehead atoms. The summed E-state index contributed by atoms with van der Waals surface area (Å²) >= 11 is 0. The molecule has 146 valence electrons. The van der Waals surface area contributed by atoms with Gasteiger partial charge >= 0.3 is 0 Å². The molecular weight excluding hydrogens is 354 g/mol. The number of benzene rings is 2. The molecule has 1 aromatic heterocycles. The van der Waals surface area contributed by atoms with Gasteiger partial charge in [-0.3, -0.25) is 10.1 Å². The SMILES string of the molecule is CCNC(=NCc1ccccc1[N+](=O)[O-])NCCc1c[nH]c2cc(C)ccc12. The molecule has 7 heteroatoms. The van der Waals surface area contributed by atoms with Crippen molar-refractivity contribution in [2.45, 2.75) is 26.8 Å². The number of aliphatic imine (C=N–C) groups is 1. The number of H-pyrrole nitrogens is 1. The summed E-state index contributed by atoms with van der Waals surface area (Å²) in [6, 6.07) is 13.1. The van der Waals surface area contributed by atoms with Gasteiger partial charge in [0, 0.05) is 36.3 Å². The first-order valence-electron chi connectivity index (χ1n) is 9.39. The molecule has 0 amide bonds. The summed E-state index contributed by atoms with van der Waals surface area (Å²) < 4.78 is 0. The zero-order valence-electron chi connectivity index (χ0n) is 16.2. The van der Waals surface area contributed by atoms with Crippen LogP contribution in [0.15, 0.2) is 53.7 Å². The Morgan fingerprint density at radius 1 is 1.18 bits per heavy atom. The lowest BCUT2D eigenvalue weighted by atomic mass is 10.1. The van der Waals surface area contributed by atoms with E-state index in [4.69, 9.17) is 0 Å². The molecule has 3 rings (SSSR count). The van der Waals surface area contributed by atoms with E-state index >= 15 is 0 Å². The van der Waals surface area contributed by atoms with Crippen LogP contribution in [0.3, 0.4) is 0 Å². The number of fused-ring (bicyclic) bond motifs is 1. The van der Waals surface area contributed by atoms with Crippen molar-refractivity contribution in [2.75, 3.05) is 13.1 Å². The number of nitrogens with one attached hydrogen (secondary N) is 3. The number of aromatic amines is 1. The lowest BCUT2D eigenvalue weighted by Gasteiger charge is -2.11. The van der Waals surface area contributed by atoms with Crippen molar-refractivity contribution in [1.29, 1.82) is 0 Å². The summed E-state index contributed by atoms with van der Waals surface area (Å²) in [4.78, 5) is 18.6. The highest BCUT2D eigenvalue weighted by Gasteiger charge is 2.12. The van der Waals surface area contributed by atoms with Gasteiger partial charge in [-0.2, -0.15) is 0 Å². The van der Waals surface area contributed by atoms with Gasteiger partial charge in [0.15, 0.2) is 5.96 Å². The fraction of sp³-hybridized carbons (Fsp3) is 0.286. The van der Waals surface area contributed by atoms with Crippen LogP contribution in [-0.4, -0.2) is 29.0 Å². The molecule has 0 fully saturated rings. The zero-order chi connectivity index (χ0) is 19.9. The van der Waals surface area contributed by atoms with E-state index in [1.54, 1.807) is 18.2 Å². The Balaban J connectivity index is 1.64. The van der Waals surface area contributed by atoms with Crippen molar-refractivity contribution in [3.63, 3.8) is 0 Å². The molecule has 3 aromatic rings. The van der Waals surface area contributed by atoms with Crippen molar-refractivity contribution < 1.29 is 4.92 Å². The van der Waals surface area contributed by atoms with Gasteiger partial charge in [-0.05, 0) is 37.5 Å². The van der Waals surface area contributed by atoms with Gasteiger partial charge in [-0.25, -0.2) is 4.99 Å². The second kappa shape index (κ2) is 9.03. The molecule has 3 N–H and O–H groups in total. The van der Waals surface area contributed by atoms with Crippen LogP contribution in [0.2, 0.25) is 0 Å². The number of rotatable bonds is 7. The Bertz CT molecular complexity index is 993. The summed E-state index contributed by atoms with van der Waals surface area (Å²) in [5, 5.41) is 18.9. The van der Waals surface area contributed by atoms with Crippen molar-refractivity contribution >= 4 is 22.5 Å². The first-order chi connectivity index (χ1) is 13.6. The maximum atomic E-state index is 11.1. The molecule has 0 radical (unpaired) electrons. The molecule has 2 aromatic carbocycles. The summed E-state index contributed by atoms with van der Waals surface area (Å²) in [7, 11) is 0. The number of aromatic nitrogens is 1. The number of hydrogen-bond donors (Lipinski definition) is 3. The van der Waals surface area contributed by atoms with Crippen LogP contribution >= 0.6 is 0 Å². The van der Waals surface area contributed by atoms with Crippen molar-refractivity contribution in [3.05, 3.63) is 75.5 Å². The van der Waals surface area contributed by atoms with Gasteiger partial charge in [-0.1, -0.05) is 30.3 Å². The Kier molecular flexibility index (Phi) is 6.26. The predicted molar refractivity (Wildman–Crippen MR) is 113 cm³/mol. The Hall–Kier alpha value is -3.35. The number of nitrogens with zero attached hydrogens (tertiary/aromatic N) is 2. The average molecular weight is 379 g/mol. The largest absolute Gasteiger partial charge is 0.361 e. The van der Waals surface area contributed by atoms with E-state index in [0.717, 1.165) is 18.5 Å². The van der Waals surface area contributed by atoms with E-state index in [1.165, 1.54) is 22.6 Å². The second-order valence-electron chi connectivity index (χ2n) is 6.62. The Labute approximate surface area is 164 Å². The number of hydrogen-bond acceptors (Lipinski definition) is 3. The molecule has 0 saturated carbocycles. The van der Waals surface area contributed by atoms with Crippen molar-refractivity contribution in [2.24, 2.45) is 4.99 Å². The molecule has 0 atom stereocenters. The standard InChI is InChI=1S/C21H25N5O2/c1-3-22-21(25-14-17-6-4-5-7-20(17)26(27)28)23-11-10-16-13-24-19-12-15(2)8-9-18(16)19/h4-9,12-13,24H,3,10-11,14H2,1-2H3,(H2,22,23,25). The van der Waals surface area contributed by atoms with Crippen molar-refractivity contribution in [3.8, 4) is 0 Å². The average Bonchev–Trinajstić information content (AvgIpc) is 3.08. The van der Waals surface area contributed by atoms with Crippen LogP contribution in [0.4, 0.5) is 5.69 Å². The number of para-hydroxylation sites is 1. The van der Waals surface area contributed by atoms with Crippen LogP contribution in [0.1, 0.15) is 23.6 Å². The molecule has 1 heterocycles. The maximum Gasteiger partial charge on any atom is 0.274 e. The van der Waals surface area contributed by atoms with Gasteiger partial charge in [0.25, 0.3) is 5.69 Å². The summed E-state index contributed by atoms with van der Waals surface area (Å²) in [6.07, 6.45) is 2.89. The number of nitro groups is 1. The minimum atomic E-state index is -0.371. The third-order valence-corrected chi connectivity index (χ3v) is 4.55. The lowest BCUT2D eigenvalue weighted by Crippen LogP contribution is -2.38. The van der Waals surface area contributed by atoms with Crippen molar-refractivity contribution in [1.82, 2.24) is 15.6 Å². The molecule has 0 aliphatic carbocycles. The molecule has 0 aliphatic heterocycles. The first kappa shape index (κ1) is 19.4. The quantitative estimate of drug-likeness (QED) is 0.253. The summed E-state index contributed by atoms with van der Waals surface area (Å²) in [6.45, 7) is 5.75. The highest BCUT2D eigenvalue weighted by molar-refractivity contribution is 5.84. The van der Waals surface area contributed by atoms with Gasteiger partial charge in [-0.15, -0.1) is 0 Å². The number of nitro benzene ring substituents is 1. The van der Waals surface area contributed by atoms with Crippen LogP contribution < -0.4 is 10.6 Å². The fourth-order valence-electron chi connectivity index (χ4n) is 3.15. The van der Waals surface area contributed by atoms with Gasteiger partial charge in [0.2, 0.25) is 0 Å². The maximum absolute atomic E-state index is 11.1. The van der Waals surface area contributed by atoms with Crippen LogP contribution in [0, 0.1) is 17.0 Å². The van der Waals surface area contributed by atoms with E-state index in [0.29, 0.717) is 18.1 Å². The summed E-state index contributed by atoms with van der Waals surface area (Å²) in [5.74, 6) is 0.649. The summed E-state index contributed by atoms with van der Waals surface area (Å²) in [5.41, 5.74) is 4.31. The smallest absolute Gasteiger partial charge is 0.274 e. The minimum Gasteiger partial charge on any atom is -0.361 e. The molecule has 0 unspecified atom stereocenters. The van der Waals surface area contributed by atoms with Crippen LogP contribution in [0.5, 0.6) is 0 Å². The minimum absolute atomic E-state index is 0.0937. The number of aryl methyl sites for hydroxylation is 1. The fourth-order valence-corrected chi connectivity index (χ4v) is 3.15. The van der Waals surface area contributed by atoms with Gasteiger partial charge in [0.05, 0.1) is 17.0 Å². The highest BCUT2D eigenvalue weighted by Crippen LogP contribution is 2.20. The highest BCUT2D eigenvalue weighted by atomic mass is 16.6. The Morgan fingerprint density at radius 2 is 2.00 bits per heavy atom. The molecular formula is C21H25N5O2. The van der Waals surface area contributed by atoms with E-state index < -0.39 is 0 Å². The topological polar surface area (TPSA) is 95.3 Å². The van der Waals surface area contributed by atoms with Gasteiger partial charge < -0.3 is 15.6 Å². The molecule has 7 nitrogen and oxygen atoms in total. The first-order valence-corrected chi connectivity index (χ1v) is 9.39. The monoisotopic (exact) mass is 379 g/mol. The van der Waals surface area contributed by atoms with E-state index in [2.05, 4.69) is 45.7 Å². The van der Waals surface area contributed by atoms with Gasteiger partial charge in [0.1, 0.15) is 0 Å². The van der Waals surface area contributed by atoms with E-state index in [9.17, 15) is 10.1 Å². The predicted octanol–water partition coefficient (Wildman–Crippen LogP) is 3.68. The second-order valence-corrected chi connectivity index (χ2v) is 6.62. The molecule has 0 saturated heterocycles.